The lowest BCUT2D eigenvalue weighted by atomic mass is 10.2. The highest BCUT2D eigenvalue weighted by Gasteiger charge is 2.14. The lowest BCUT2D eigenvalue weighted by Crippen LogP contribution is -2.38. The van der Waals surface area contributed by atoms with Gasteiger partial charge in [-0.1, -0.05) is 24.4 Å². The number of aromatic nitrogens is 1. The van der Waals surface area contributed by atoms with E-state index in [4.69, 9.17) is 17.3 Å². The molecule has 1 aromatic heterocycles. The van der Waals surface area contributed by atoms with E-state index < -0.39 is 0 Å². The summed E-state index contributed by atoms with van der Waals surface area (Å²) in [5.41, 5.74) is 6.84. The van der Waals surface area contributed by atoms with E-state index in [1.54, 1.807) is 11.3 Å². The Morgan fingerprint density at radius 3 is 2.95 bits per heavy atom. The molecule has 1 aliphatic rings. The maximum atomic E-state index is 5.96. The first-order valence-electron chi connectivity index (χ1n) is 6.82. The van der Waals surface area contributed by atoms with Crippen molar-refractivity contribution in [2.24, 2.45) is 10.7 Å². The van der Waals surface area contributed by atoms with E-state index in [0.29, 0.717) is 23.6 Å². The van der Waals surface area contributed by atoms with Crippen LogP contribution in [0.5, 0.6) is 0 Å². The van der Waals surface area contributed by atoms with Crippen molar-refractivity contribution in [3.8, 4) is 0 Å². The van der Waals surface area contributed by atoms with Crippen molar-refractivity contribution in [2.75, 3.05) is 0 Å². The molecular formula is C14H18ClIN4S. The summed E-state index contributed by atoms with van der Waals surface area (Å²) in [4.78, 5) is 8.89. The van der Waals surface area contributed by atoms with Crippen LogP contribution in [0, 0.1) is 0 Å². The molecule has 3 rings (SSSR count). The minimum atomic E-state index is 0. The average molecular weight is 437 g/mol. The smallest absolute Gasteiger partial charge is 0.189 e. The Balaban J connectivity index is 0.00000161. The summed E-state index contributed by atoms with van der Waals surface area (Å²) in [6.45, 7) is 0.516. The van der Waals surface area contributed by atoms with Crippen molar-refractivity contribution in [1.29, 1.82) is 0 Å². The van der Waals surface area contributed by atoms with E-state index in [1.165, 1.54) is 25.7 Å². The van der Waals surface area contributed by atoms with Gasteiger partial charge in [0, 0.05) is 11.1 Å². The Morgan fingerprint density at radius 1 is 1.43 bits per heavy atom. The molecule has 0 atom stereocenters. The van der Waals surface area contributed by atoms with Gasteiger partial charge in [-0.15, -0.1) is 35.3 Å². The zero-order valence-electron chi connectivity index (χ0n) is 11.5. The summed E-state index contributed by atoms with van der Waals surface area (Å²) in [5.74, 6) is 0.522. The van der Waals surface area contributed by atoms with Crippen LogP contribution in [-0.4, -0.2) is 17.0 Å². The minimum absolute atomic E-state index is 0. The molecule has 0 bridgehead atoms. The second-order valence-corrected chi connectivity index (χ2v) is 6.60. The first kappa shape index (κ1) is 16.8. The van der Waals surface area contributed by atoms with E-state index in [0.717, 1.165) is 15.2 Å². The summed E-state index contributed by atoms with van der Waals surface area (Å²) in [6, 6.07) is 6.24. The van der Waals surface area contributed by atoms with Crippen molar-refractivity contribution < 1.29 is 0 Å². The topological polar surface area (TPSA) is 63.3 Å². The number of benzene rings is 1. The van der Waals surface area contributed by atoms with Crippen molar-refractivity contribution in [3.63, 3.8) is 0 Å². The van der Waals surface area contributed by atoms with Gasteiger partial charge < -0.3 is 11.1 Å². The number of rotatable bonds is 3. The molecule has 0 spiro atoms. The van der Waals surface area contributed by atoms with Gasteiger partial charge in [0.15, 0.2) is 5.96 Å². The molecule has 0 unspecified atom stereocenters. The lowest BCUT2D eigenvalue weighted by molar-refractivity contribution is 0.625. The molecule has 0 saturated heterocycles. The zero-order valence-corrected chi connectivity index (χ0v) is 15.4. The fraction of sp³-hybridized carbons (Fsp3) is 0.429. The Hall–Kier alpha value is -0.600. The van der Waals surface area contributed by atoms with Crippen molar-refractivity contribution in [3.05, 3.63) is 28.2 Å². The molecule has 0 aliphatic heterocycles. The molecule has 1 saturated carbocycles. The molecule has 3 N–H and O–H groups in total. The van der Waals surface area contributed by atoms with Gasteiger partial charge in [-0.3, -0.25) is 0 Å². The Labute approximate surface area is 150 Å². The maximum Gasteiger partial charge on any atom is 0.189 e. The van der Waals surface area contributed by atoms with E-state index in [1.807, 2.05) is 18.2 Å². The molecule has 0 radical (unpaired) electrons. The summed E-state index contributed by atoms with van der Waals surface area (Å²) in [6.07, 6.45) is 4.94. The van der Waals surface area contributed by atoms with Crippen LogP contribution in [0.15, 0.2) is 23.2 Å². The van der Waals surface area contributed by atoms with Crippen LogP contribution < -0.4 is 11.1 Å². The fourth-order valence-electron chi connectivity index (χ4n) is 2.49. The summed E-state index contributed by atoms with van der Waals surface area (Å²) < 4.78 is 1.13. The second-order valence-electron chi connectivity index (χ2n) is 5.05. The largest absolute Gasteiger partial charge is 0.370 e. The SMILES string of the molecule is I.NC(=NCc1nc2cc(Cl)ccc2s1)NC1CCCC1. The molecular weight excluding hydrogens is 419 g/mol. The fourth-order valence-corrected chi connectivity index (χ4v) is 3.53. The standard InChI is InChI=1S/C14H17ClN4S.HI/c15-9-5-6-12-11(7-9)19-13(20-12)8-17-14(16)18-10-3-1-2-4-10;/h5-7,10H,1-4,8H2,(H3,16,17,18);1H. The third-order valence-corrected chi connectivity index (χ3v) is 4.74. The van der Waals surface area contributed by atoms with Crippen LogP contribution in [0.4, 0.5) is 0 Å². The van der Waals surface area contributed by atoms with E-state index >= 15 is 0 Å². The van der Waals surface area contributed by atoms with Crippen LogP contribution in [0.2, 0.25) is 5.02 Å². The summed E-state index contributed by atoms with van der Waals surface area (Å²) >= 11 is 7.59. The molecule has 1 fully saturated rings. The predicted molar refractivity (Wildman–Crippen MR) is 101 cm³/mol. The molecule has 0 amide bonds. The molecule has 114 valence electrons. The number of guanidine groups is 1. The molecule has 21 heavy (non-hydrogen) atoms. The first-order valence-corrected chi connectivity index (χ1v) is 8.01. The number of fused-ring (bicyclic) bond motifs is 1. The highest BCUT2D eigenvalue weighted by molar-refractivity contribution is 14.0. The van der Waals surface area contributed by atoms with Crippen molar-refractivity contribution in [1.82, 2.24) is 10.3 Å². The first-order chi connectivity index (χ1) is 9.70. The molecule has 1 aromatic carbocycles. The highest BCUT2D eigenvalue weighted by Crippen LogP contribution is 2.25. The van der Waals surface area contributed by atoms with Crippen LogP contribution >= 0.6 is 46.9 Å². The second kappa shape index (κ2) is 7.60. The van der Waals surface area contributed by atoms with Gasteiger partial charge in [0.05, 0.1) is 16.8 Å². The number of nitrogens with zero attached hydrogens (tertiary/aromatic N) is 2. The lowest BCUT2D eigenvalue weighted by Gasteiger charge is -2.11. The monoisotopic (exact) mass is 436 g/mol. The molecule has 1 aliphatic carbocycles. The number of thiazole rings is 1. The van der Waals surface area contributed by atoms with Gasteiger partial charge in [0.2, 0.25) is 0 Å². The molecule has 7 heteroatoms. The van der Waals surface area contributed by atoms with E-state index in [2.05, 4.69) is 15.3 Å². The Bertz CT molecular complexity index is 637. The number of halogens is 2. The van der Waals surface area contributed by atoms with E-state index in [9.17, 15) is 0 Å². The number of hydrogen-bond donors (Lipinski definition) is 2. The van der Waals surface area contributed by atoms with Crippen LogP contribution in [-0.2, 0) is 6.54 Å². The molecule has 2 aromatic rings. The normalized spacial score (nSPS) is 16.1. The summed E-state index contributed by atoms with van der Waals surface area (Å²) in [7, 11) is 0. The van der Waals surface area contributed by atoms with Gasteiger partial charge >= 0.3 is 0 Å². The average Bonchev–Trinajstić information content (AvgIpc) is 3.04. The molecule has 1 heterocycles. The van der Waals surface area contributed by atoms with Gasteiger partial charge in [-0.25, -0.2) is 9.98 Å². The Kier molecular flexibility index (Phi) is 6.07. The van der Waals surface area contributed by atoms with Crippen LogP contribution in [0.25, 0.3) is 10.2 Å². The third kappa shape index (κ3) is 4.43. The van der Waals surface area contributed by atoms with Crippen LogP contribution in [0.1, 0.15) is 30.7 Å². The quantitative estimate of drug-likeness (QED) is 0.435. The number of hydrogen-bond acceptors (Lipinski definition) is 3. The number of nitrogens with two attached hydrogens (primary N) is 1. The minimum Gasteiger partial charge on any atom is -0.370 e. The number of aliphatic imine (C=N–C) groups is 1. The van der Waals surface area contributed by atoms with Crippen LogP contribution in [0.3, 0.4) is 0 Å². The van der Waals surface area contributed by atoms with Crippen molar-refractivity contribution in [2.45, 2.75) is 38.3 Å². The van der Waals surface area contributed by atoms with Gasteiger partial charge in [0.1, 0.15) is 5.01 Å². The maximum absolute atomic E-state index is 5.96. The van der Waals surface area contributed by atoms with Gasteiger partial charge in [0.25, 0.3) is 0 Å². The van der Waals surface area contributed by atoms with Gasteiger partial charge in [-0.05, 0) is 31.0 Å². The third-order valence-electron chi connectivity index (χ3n) is 3.49. The van der Waals surface area contributed by atoms with Gasteiger partial charge in [-0.2, -0.15) is 0 Å². The van der Waals surface area contributed by atoms with Crippen molar-refractivity contribution >= 4 is 63.1 Å². The number of nitrogens with one attached hydrogen (secondary N) is 1. The zero-order chi connectivity index (χ0) is 13.9. The summed E-state index contributed by atoms with van der Waals surface area (Å²) in [5, 5.41) is 4.94. The molecule has 4 nitrogen and oxygen atoms in total. The van der Waals surface area contributed by atoms with E-state index in [-0.39, 0.29) is 24.0 Å². The highest BCUT2D eigenvalue weighted by atomic mass is 127. The predicted octanol–water partition coefficient (Wildman–Crippen LogP) is 3.91. The Morgan fingerprint density at radius 2 is 2.19 bits per heavy atom.